The first-order valence-electron chi connectivity index (χ1n) is 18.7. The SMILES string of the molecule is CC(C)=CCC/C(C)=C/CC/C(C)=C/CSc1ccccc1C(=O)N[C@@H](Cc1ccccc1)C(=O)OCCOCCOc1no[n+]([O-])c1S(=O)(=O)c1ccccc1. The number of benzene rings is 3. The second-order valence-corrected chi connectivity index (χ2v) is 16.4. The van der Waals surface area contributed by atoms with E-state index in [1.165, 1.54) is 41.0 Å². The maximum atomic E-state index is 13.7. The number of sulfone groups is 1. The zero-order chi connectivity index (χ0) is 41.0. The maximum absolute atomic E-state index is 13.7. The van der Waals surface area contributed by atoms with Crippen LogP contribution in [0.2, 0.25) is 0 Å². The summed E-state index contributed by atoms with van der Waals surface area (Å²) in [4.78, 5) is 27.4. The topological polar surface area (TPSA) is 161 Å². The van der Waals surface area contributed by atoms with E-state index in [0.29, 0.717) is 11.3 Å². The molecule has 0 spiro atoms. The molecule has 14 heteroatoms. The van der Waals surface area contributed by atoms with Crippen LogP contribution in [0.25, 0.3) is 0 Å². The average Bonchev–Trinajstić information content (AvgIpc) is 3.58. The molecule has 1 aromatic heterocycles. The molecular weight excluding hydrogens is 767 g/mol. The van der Waals surface area contributed by atoms with Crippen LogP contribution in [-0.4, -0.2) is 63.7 Å². The Morgan fingerprint density at radius 2 is 1.47 bits per heavy atom. The van der Waals surface area contributed by atoms with E-state index in [1.54, 1.807) is 30.0 Å². The summed E-state index contributed by atoms with van der Waals surface area (Å²) in [6.45, 7) is 8.19. The molecule has 0 bridgehead atoms. The van der Waals surface area contributed by atoms with Crippen molar-refractivity contribution in [1.29, 1.82) is 0 Å². The van der Waals surface area contributed by atoms with Gasteiger partial charge < -0.3 is 24.7 Å². The normalized spacial score (nSPS) is 12.5. The van der Waals surface area contributed by atoms with Gasteiger partial charge in [0.2, 0.25) is 0 Å². The average molecular weight is 818 g/mol. The number of allylic oxidation sites excluding steroid dienone is 5. The first-order chi connectivity index (χ1) is 27.5. The van der Waals surface area contributed by atoms with Gasteiger partial charge in [0, 0.05) is 17.1 Å². The monoisotopic (exact) mass is 817 g/mol. The smallest absolute Gasteiger partial charge is 0.415 e. The molecule has 304 valence electrons. The standard InChI is InChI=1S/C43H51N3O9S2/c1-32(2)15-13-16-33(3)17-14-18-34(4)25-30-56-39-24-12-11-23-37(39)40(47)44-38(31-35-19-7-5-8-20-35)43(48)54-29-27-52-26-28-53-41-42(46(49)55-45-41)57(50,51)36-21-9-6-10-22-36/h5-12,15,17,19-25,38H,13-14,16,18,26-31H2,1-4H3,(H,44,47)/b33-17+,34-25+/t38-/m0/s1. The molecule has 1 amide bonds. The highest BCUT2D eigenvalue weighted by molar-refractivity contribution is 7.99. The summed E-state index contributed by atoms with van der Waals surface area (Å²) in [5, 5.41) is 17.6. The quantitative estimate of drug-likeness (QED) is 0.0258. The summed E-state index contributed by atoms with van der Waals surface area (Å²) in [5.74, 6) is -0.824. The van der Waals surface area contributed by atoms with Gasteiger partial charge in [-0.05, 0) is 88.1 Å². The molecule has 1 N–H and O–H groups in total. The number of hydrogen-bond acceptors (Lipinski definition) is 11. The summed E-state index contributed by atoms with van der Waals surface area (Å²) in [6.07, 6.45) is 11.1. The molecule has 3 aromatic carbocycles. The molecule has 12 nitrogen and oxygen atoms in total. The highest BCUT2D eigenvalue weighted by Gasteiger charge is 2.35. The van der Waals surface area contributed by atoms with Crippen molar-refractivity contribution in [2.75, 3.05) is 32.2 Å². The van der Waals surface area contributed by atoms with E-state index in [0.717, 1.165) is 36.1 Å². The fourth-order valence-electron chi connectivity index (χ4n) is 5.51. The number of esters is 1. The number of carbonyl (C=O) groups excluding carboxylic acids is 2. The molecule has 0 aliphatic heterocycles. The van der Waals surface area contributed by atoms with E-state index in [-0.39, 0.29) is 48.6 Å². The Bertz CT molecular complexity index is 2090. The van der Waals surface area contributed by atoms with Crippen molar-refractivity contribution in [3.8, 4) is 5.88 Å². The molecular formula is C43H51N3O9S2. The van der Waals surface area contributed by atoms with Gasteiger partial charge >= 0.3 is 16.9 Å². The zero-order valence-corrected chi connectivity index (χ0v) is 34.5. The summed E-state index contributed by atoms with van der Waals surface area (Å²) in [6, 6.07) is 23.0. The van der Waals surface area contributed by atoms with E-state index < -0.39 is 32.8 Å². The molecule has 57 heavy (non-hydrogen) atoms. The van der Waals surface area contributed by atoms with Crippen molar-refractivity contribution in [3.05, 3.63) is 136 Å². The summed E-state index contributed by atoms with van der Waals surface area (Å²) in [5.41, 5.74) is 5.34. The van der Waals surface area contributed by atoms with Gasteiger partial charge in [0.15, 0.2) is 0 Å². The molecule has 0 saturated heterocycles. The van der Waals surface area contributed by atoms with Crippen LogP contribution in [0.4, 0.5) is 0 Å². The minimum Gasteiger partial charge on any atom is -0.462 e. The molecule has 0 unspecified atom stereocenters. The van der Waals surface area contributed by atoms with Crippen LogP contribution in [0.1, 0.15) is 69.3 Å². The van der Waals surface area contributed by atoms with E-state index in [9.17, 15) is 23.2 Å². The lowest BCUT2D eigenvalue weighted by molar-refractivity contribution is -0.832. The second kappa shape index (κ2) is 23.1. The Morgan fingerprint density at radius 3 is 2.19 bits per heavy atom. The molecule has 0 aliphatic rings. The molecule has 0 aliphatic carbocycles. The zero-order valence-electron chi connectivity index (χ0n) is 32.8. The predicted molar refractivity (Wildman–Crippen MR) is 219 cm³/mol. The van der Waals surface area contributed by atoms with Crippen molar-refractivity contribution >= 4 is 33.5 Å². The molecule has 1 atom stereocenters. The Balaban J connectivity index is 1.27. The Kier molecular flexibility index (Phi) is 18.1. The van der Waals surface area contributed by atoms with Crippen molar-refractivity contribution in [2.45, 2.75) is 80.7 Å². The highest BCUT2D eigenvalue weighted by atomic mass is 32.2. The first kappa shape index (κ1) is 44.5. The summed E-state index contributed by atoms with van der Waals surface area (Å²) >= 11 is 1.56. The summed E-state index contributed by atoms with van der Waals surface area (Å²) in [7, 11) is -4.26. The molecule has 4 aromatic rings. The number of nitrogens with one attached hydrogen (secondary N) is 1. The number of carbonyl (C=O) groups is 2. The van der Waals surface area contributed by atoms with Gasteiger partial charge in [0.25, 0.3) is 15.7 Å². The number of thioether (sulfide) groups is 1. The Morgan fingerprint density at radius 1 is 0.842 bits per heavy atom. The van der Waals surface area contributed by atoms with E-state index in [1.807, 2.05) is 42.5 Å². The van der Waals surface area contributed by atoms with Gasteiger partial charge in [-0.25, -0.2) is 13.2 Å². The number of nitrogens with zero attached hydrogens (tertiary/aromatic N) is 2. The van der Waals surface area contributed by atoms with Crippen LogP contribution in [0.5, 0.6) is 5.88 Å². The fraction of sp³-hybridized carbons (Fsp3) is 0.349. The van der Waals surface area contributed by atoms with E-state index in [2.05, 4.69) is 61.0 Å². The lowest BCUT2D eigenvalue weighted by atomic mass is 10.1. The second-order valence-electron chi connectivity index (χ2n) is 13.5. The predicted octanol–water partition coefficient (Wildman–Crippen LogP) is 7.63. The third-order valence-electron chi connectivity index (χ3n) is 8.59. The molecule has 0 radical (unpaired) electrons. The van der Waals surface area contributed by atoms with Gasteiger partial charge in [0.05, 0.1) is 28.8 Å². The molecule has 4 rings (SSSR count). The van der Waals surface area contributed by atoms with Gasteiger partial charge in [-0.3, -0.25) is 9.42 Å². The summed E-state index contributed by atoms with van der Waals surface area (Å²) < 4.78 is 46.7. The Hall–Kier alpha value is -5.18. The highest BCUT2D eigenvalue weighted by Crippen LogP contribution is 2.26. The van der Waals surface area contributed by atoms with Gasteiger partial charge in [-0.15, -0.1) is 11.8 Å². The van der Waals surface area contributed by atoms with E-state index >= 15 is 0 Å². The number of ether oxygens (including phenoxy) is 3. The van der Waals surface area contributed by atoms with E-state index in [4.69, 9.17) is 14.2 Å². The third kappa shape index (κ3) is 14.7. The van der Waals surface area contributed by atoms with Crippen molar-refractivity contribution in [1.82, 2.24) is 10.5 Å². The van der Waals surface area contributed by atoms with Crippen LogP contribution in [0, 0.1) is 5.21 Å². The lowest BCUT2D eigenvalue weighted by Crippen LogP contribution is -2.43. The van der Waals surface area contributed by atoms with Crippen LogP contribution in [-0.2, 0) is 30.5 Å². The maximum Gasteiger partial charge on any atom is 0.415 e. The van der Waals surface area contributed by atoms with Crippen molar-refractivity contribution < 1.29 is 41.7 Å². The Labute approximate surface area is 339 Å². The fourth-order valence-corrected chi connectivity index (χ4v) is 7.85. The molecule has 1 heterocycles. The van der Waals surface area contributed by atoms with Gasteiger partial charge in [-0.1, -0.05) is 95.6 Å². The minimum absolute atomic E-state index is 0.0186. The van der Waals surface area contributed by atoms with Crippen LogP contribution >= 0.6 is 11.8 Å². The molecule has 0 saturated carbocycles. The van der Waals surface area contributed by atoms with Crippen LogP contribution in [0.3, 0.4) is 0 Å². The number of rotatable bonds is 23. The van der Waals surface area contributed by atoms with Crippen LogP contribution in [0.15, 0.2) is 139 Å². The van der Waals surface area contributed by atoms with Gasteiger partial charge in [0.1, 0.15) is 19.3 Å². The molecule has 0 fully saturated rings. The number of aromatic nitrogens is 2. The number of hydrogen-bond donors (Lipinski definition) is 1. The van der Waals surface area contributed by atoms with Crippen LogP contribution < -0.4 is 15.0 Å². The van der Waals surface area contributed by atoms with Gasteiger partial charge in [-0.2, -0.15) is 0 Å². The van der Waals surface area contributed by atoms with Crippen molar-refractivity contribution in [3.63, 3.8) is 0 Å². The lowest BCUT2D eigenvalue weighted by Gasteiger charge is -2.19. The largest absolute Gasteiger partial charge is 0.462 e. The first-order valence-corrected chi connectivity index (χ1v) is 21.2. The third-order valence-corrected chi connectivity index (χ3v) is 11.3. The number of amides is 1. The van der Waals surface area contributed by atoms with Crippen molar-refractivity contribution in [2.24, 2.45) is 0 Å². The minimum atomic E-state index is -4.26.